The van der Waals surface area contributed by atoms with Gasteiger partial charge in [0.1, 0.15) is 0 Å². The monoisotopic (exact) mass is 812 g/mol. The third-order valence-electron chi connectivity index (χ3n) is 10.5. The standard InChI is InChI=1S/C23H25FN4O3.C15H23FN4O.ClH.H2N2O.6H2/c1-4-23(2,3)28-10-9-19-18(22(28)31)14-26(25-19)12-15(11-24)13-27-20(29)16-7-5-6-8-17(16)21(27)30;1-4-15(2,3)20-6-5-13-12(14(20)21)10-19(18-13)9-11(7-16)8-17;;1-2-3;;;;;;/h5-8,11,14H,4,9-10,12-13H2,1-3H3;7,10H,4-6,8-9,17H2,1-3H3;1H;(H2,1,3);6*1H/b15-11-;11-7+;;;;;;;;. The van der Waals surface area contributed by atoms with Crippen LogP contribution in [0.1, 0.15) is 116 Å². The van der Waals surface area contributed by atoms with Crippen LogP contribution in [0.25, 0.3) is 0 Å². The van der Waals surface area contributed by atoms with Crippen molar-refractivity contribution in [2.24, 2.45) is 16.9 Å². The molecule has 2 aromatic heterocycles. The first-order valence-corrected chi connectivity index (χ1v) is 18.1. The number of carbonyl (C=O) groups is 4. The largest absolute Gasteiger partial charge is 0.333 e. The van der Waals surface area contributed by atoms with Crippen molar-refractivity contribution in [1.82, 2.24) is 34.3 Å². The molecule has 0 fully saturated rings. The van der Waals surface area contributed by atoms with Crippen LogP contribution >= 0.6 is 12.4 Å². The third-order valence-corrected chi connectivity index (χ3v) is 10.5. The lowest BCUT2D eigenvalue weighted by atomic mass is 9.95. The highest BCUT2D eigenvalue weighted by Gasteiger charge is 2.38. The minimum absolute atomic E-state index is 0. The summed E-state index contributed by atoms with van der Waals surface area (Å²) in [5.41, 5.74) is 8.96. The molecule has 0 radical (unpaired) electrons. The quantitative estimate of drug-likeness (QED) is 0.0925. The Labute approximate surface area is 340 Å². The summed E-state index contributed by atoms with van der Waals surface area (Å²) in [5.74, 6) is 2.97. The maximum atomic E-state index is 13.7. The van der Waals surface area contributed by atoms with Crippen molar-refractivity contribution in [1.29, 1.82) is 0 Å². The van der Waals surface area contributed by atoms with Gasteiger partial charge in [-0.05, 0) is 63.8 Å². The Morgan fingerprint density at radius 1 is 0.750 bits per heavy atom. The lowest BCUT2D eigenvalue weighted by Crippen LogP contribution is -2.50. The SMILES string of the molecule is CCC(C)(C)N1CCc2nn(C/C(=C/F)CN)cc2C1=O.CCC(C)(C)N1CCc2nn(C/C(=C/F)CN3C(=O)c4ccccc4C3=O)cc2C1=O.Cl.NN=O.[HH].[HH].[HH].[HH].[HH].[HH]. The summed E-state index contributed by atoms with van der Waals surface area (Å²) in [6.07, 6.45) is 7.32. The van der Waals surface area contributed by atoms with Crippen LogP contribution < -0.4 is 11.6 Å². The summed E-state index contributed by atoms with van der Waals surface area (Å²) in [7, 11) is 0. The van der Waals surface area contributed by atoms with Crippen LogP contribution in [0.3, 0.4) is 0 Å². The number of imide groups is 1. The van der Waals surface area contributed by atoms with Gasteiger partial charge in [-0.25, -0.2) is 8.78 Å². The van der Waals surface area contributed by atoms with Crippen LogP contribution in [0.5, 0.6) is 0 Å². The van der Waals surface area contributed by atoms with Crippen LogP contribution in [0, 0.1) is 4.91 Å². The second kappa shape index (κ2) is 19.0. The second-order valence-corrected chi connectivity index (χ2v) is 14.7. The number of fused-ring (bicyclic) bond motifs is 3. The van der Waals surface area contributed by atoms with Crippen molar-refractivity contribution in [3.63, 3.8) is 0 Å². The number of rotatable bonds is 11. The molecule has 0 aliphatic carbocycles. The number of nitrogens with zero attached hydrogens (tertiary/aromatic N) is 8. The molecule has 0 saturated carbocycles. The summed E-state index contributed by atoms with van der Waals surface area (Å²) in [5, 5.41) is 10.6. The van der Waals surface area contributed by atoms with Crippen molar-refractivity contribution < 1.29 is 36.5 Å². The maximum Gasteiger partial charge on any atom is 0.261 e. The Hall–Kier alpha value is -5.29. The number of benzene rings is 1. The highest BCUT2D eigenvalue weighted by molar-refractivity contribution is 6.21. The van der Waals surface area contributed by atoms with Crippen molar-refractivity contribution in [3.8, 4) is 0 Å². The number of nitrogens with two attached hydrogens (primary N) is 2. The Bertz CT molecular complexity index is 1980. The zero-order valence-corrected chi connectivity index (χ0v) is 33.4. The Morgan fingerprint density at radius 3 is 1.50 bits per heavy atom. The molecule has 3 aliphatic rings. The molecule has 15 nitrogen and oxygen atoms in total. The Balaban J connectivity index is -0.000000484. The van der Waals surface area contributed by atoms with E-state index < -0.39 is 11.8 Å². The summed E-state index contributed by atoms with van der Waals surface area (Å²) in [6.45, 7) is 13.9. The van der Waals surface area contributed by atoms with Gasteiger partial charge >= 0.3 is 0 Å². The van der Waals surface area contributed by atoms with Crippen molar-refractivity contribution >= 4 is 36.0 Å². The van der Waals surface area contributed by atoms with Gasteiger partial charge in [-0.1, -0.05) is 26.0 Å². The zero-order chi connectivity index (χ0) is 40.7. The van der Waals surface area contributed by atoms with Gasteiger partial charge in [-0.3, -0.25) is 39.3 Å². The molecule has 6 rings (SSSR count). The molecular weight excluding hydrogens is 750 g/mol. The second-order valence-electron chi connectivity index (χ2n) is 14.7. The lowest BCUT2D eigenvalue weighted by molar-refractivity contribution is 0.0508. The van der Waals surface area contributed by atoms with E-state index in [2.05, 4.69) is 36.8 Å². The van der Waals surface area contributed by atoms with Gasteiger partial charge in [-0.2, -0.15) is 10.2 Å². The van der Waals surface area contributed by atoms with Gasteiger partial charge in [0.25, 0.3) is 23.6 Å². The summed E-state index contributed by atoms with van der Waals surface area (Å²) < 4.78 is 29.4. The van der Waals surface area contributed by atoms with Gasteiger partial charge < -0.3 is 15.5 Å². The van der Waals surface area contributed by atoms with E-state index in [1.165, 1.54) is 4.68 Å². The number of carbonyl (C=O) groups excluding carboxylic acids is 4. The van der Waals surface area contributed by atoms with Crippen LogP contribution in [0.15, 0.2) is 65.8 Å². The van der Waals surface area contributed by atoms with Gasteiger partial charge in [0.05, 0.1) is 65.9 Å². The highest BCUT2D eigenvalue weighted by atomic mass is 35.5. The molecule has 0 spiro atoms. The number of aromatic nitrogens is 4. The first-order chi connectivity index (χ1) is 26.1. The molecule has 0 unspecified atom stereocenters. The number of halogens is 3. The average Bonchev–Trinajstić information content (AvgIpc) is 3.86. The summed E-state index contributed by atoms with van der Waals surface area (Å²) >= 11 is 0. The minimum Gasteiger partial charge on any atom is -0.333 e. The molecule has 316 valence electrons. The Morgan fingerprint density at radius 2 is 1.14 bits per heavy atom. The Kier molecular flexibility index (Phi) is 15.3. The molecule has 3 aromatic rings. The fourth-order valence-electron chi connectivity index (χ4n) is 6.54. The van der Waals surface area contributed by atoms with E-state index >= 15 is 0 Å². The van der Waals surface area contributed by atoms with Crippen LogP contribution in [0.4, 0.5) is 8.78 Å². The van der Waals surface area contributed by atoms with Crippen LogP contribution in [-0.4, -0.2) is 95.1 Å². The molecule has 1 aromatic carbocycles. The van der Waals surface area contributed by atoms with E-state index in [1.807, 2.05) is 30.6 Å². The van der Waals surface area contributed by atoms with E-state index in [0.29, 0.717) is 65.7 Å². The molecule has 0 bridgehead atoms. The molecule has 56 heavy (non-hydrogen) atoms. The highest BCUT2D eigenvalue weighted by Crippen LogP contribution is 2.29. The maximum absolute atomic E-state index is 13.7. The van der Waals surface area contributed by atoms with E-state index in [0.717, 1.165) is 29.9 Å². The van der Waals surface area contributed by atoms with Crippen molar-refractivity contribution in [2.75, 3.05) is 26.2 Å². The van der Waals surface area contributed by atoms with Crippen LogP contribution in [-0.2, 0) is 25.9 Å². The molecule has 0 atom stereocenters. The molecule has 4 amide bonds. The van der Waals surface area contributed by atoms with Gasteiger partial charge in [0, 0.05) is 69.8 Å². The predicted molar refractivity (Wildman–Crippen MR) is 222 cm³/mol. The number of hydrogen-bond donors (Lipinski definition) is 2. The predicted octanol–water partition coefficient (Wildman–Crippen LogP) is 6.63. The van der Waals surface area contributed by atoms with Crippen molar-refractivity contribution in [2.45, 2.75) is 91.4 Å². The van der Waals surface area contributed by atoms with Gasteiger partial charge in [-0.15, -0.1) is 17.3 Å². The van der Waals surface area contributed by atoms with Gasteiger partial charge in [0.15, 0.2) is 0 Å². The zero-order valence-electron chi connectivity index (χ0n) is 32.6. The normalized spacial score (nSPS) is 15.6. The topological polar surface area (TPSA) is 195 Å². The van der Waals surface area contributed by atoms with E-state index in [4.69, 9.17) is 10.6 Å². The number of hydrogen-bond acceptors (Lipinski definition) is 9. The molecule has 5 heterocycles. The first kappa shape index (κ1) is 45.1. The first-order valence-electron chi connectivity index (χ1n) is 18.1. The smallest absolute Gasteiger partial charge is 0.261 e. The van der Waals surface area contributed by atoms with Crippen molar-refractivity contribution in [3.05, 3.63) is 99.0 Å². The molecule has 3 aliphatic heterocycles. The molecular formula is C38H63ClF2N10O5. The van der Waals surface area contributed by atoms with E-state index in [-0.39, 0.29) is 75.6 Å². The molecule has 0 saturated heterocycles. The lowest BCUT2D eigenvalue weighted by Gasteiger charge is -2.40. The third kappa shape index (κ3) is 9.56. The molecule has 18 heteroatoms. The number of amides is 4. The fourth-order valence-corrected chi connectivity index (χ4v) is 6.54. The molecule has 4 N–H and O–H groups in total. The van der Waals surface area contributed by atoms with E-state index in [9.17, 15) is 28.0 Å². The number of nitroso groups, excluding NO2 is 1. The average molecular weight is 813 g/mol. The van der Waals surface area contributed by atoms with Crippen LogP contribution in [0.2, 0.25) is 0 Å². The minimum atomic E-state index is -0.438. The summed E-state index contributed by atoms with van der Waals surface area (Å²) in [4.78, 5) is 63.8. The van der Waals surface area contributed by atoms with Gasteiger partial charge in [0.2, 0.25) is 0 Å². The van der Waals surface area contributed by atoms with E-state index in [1.54, 1.807) is 46.6 Å². The summed E-state index contributed by atoms with van der Waals surface area (Å²) in [6, 6.07) is 6.55. The fraction of sp³-hybridized carbons (Fsp3) is 0.474.